The maximum atomic E-state index is 13.2. The van der Waals surface area contributed by atoms with Gasteiger partial charge in [-0.3, -0.25) is 0 Å². The molecule has 0 heterocycles. The van der Waals surface area contributed by atoms with Gasteiger partial charge in [0.2, 0.25) is 0 Å². The zero-order valence-electron chi connectivity index (χ0n) is 9.77. The Balaban J connectivity index is 3.01. The third-order valence-corrected chi connectivity index (χ3v) is 2.01. The molecule has 10 heteroatoms. The smallest absolute Gasteiger partial charge is 0.422 e. The third-order valence-electron chi connectivity index (χ3n) is 2.01. The summed E-state index contributed by atoms with van der Waals surface area (Å²) < 4.78 is 90.4. The number of esters is 1. The van der Waals surface area contributed by atoms with Crippen LogP contribution in [0.2, 0.25) is 0 Å². The van der Waals surface area contributed by atoms with Crippen LogP contribution >= 0.6 is 0 Å². The van der Waals surface area contributed by atoms with E-state index >= 15 is 0 Å². The average Bonchev–Trinajstić information content (AvgIpc) is 2.37. The molecule has 0 bridgehead atoms. The van der Waals surface area contributed by atoms with Crippen molar-refractivity contribution < 1.29 is 45.4 Å². The molecular formula is C11H5F7O3. The van der Waals surface area contributed by atoms with Gasteiger partial charge in [0.15, 0.2) is 29.9 Å². The molecular weight excluding hydrogens is 313 g/mol. The quantitative estimate of drug-likeness (QED) is 0.232. The van der Waals surface area contributed by atoms with E-state index in [1.165, 1.54) is 0 Å². The van der Waals surface area contributed by atoms with Crippen molar-refractivity contribution in [1.82, 2.24) is 0 Å². The molecule has 1 N–H and O–H groups in total. The first-order chi connectivity index (χ1) is 9.53. The number of carbonyl (C=O) groups excluding carboxylic acids is 1. The Labute approximate surface area is 112 Å². The molecule has 0 aromatic heterocycles. The number of ether oxygens (including phenoxy) is 1. The van der Waals surface area contributed by atoms with Gasteiger partial charge in [0.25, 0.3) is 0 Å². The lowest BCUT2D eigenvalue weighted by Gasteiger charge is -2.07. The van der Waals surface area contributed by atoms with Crippen LogP contribution in [0.3, 0.4) is 0 Å². The summed E-state index contributed by atoms with van der Waals surface area (Å²) in [5, 5.41) is 9.22. The van der Waals surface area contributed by atoms with Gasteiger partial charge in [-0.15, -0.1) is 0 Å². The lowest BCUT2D eigenvalue weighted by molar-refractivity contribution is -0.182. The lowest BCUT2D eigenvalue weighted by Crippen LogP contribution is -2.19. The predicted molar refractivity (Wildman–Crippen MR) is 53.9 cm³/mol. The zero-order valence-corrected chi connectivity index (χ0v) is 9.77. The van der Waals surface area contributed by atoms with Crippen LogP contribution in [0.4, 0.5) is 30.7 Å². The molecule has 0 radical (unpaired) electrons. The molecule has 0 fully saturated rings. The summed E-state index contributed by atoms with van der Waals surface area (Å²) in [4.78, 5) is 10.9. The monoisotopic (exact) mass is 318 g/mol. The molecule has 0 spiro atoms. The van der Waals surface area contributed by atoms with E-state index < -0.39 is 53.3 Å². The van der Waals surface area contributed by atoms with Crippen LogP contribution in [0.5, 0.6) is 0 Å². The number of alkyl halides is 3. The Morgan fingerprint density at radius 3 is 2.24 bits per heavy atom. The first-order valence-electron chi connectivity index (χ1n) is 5.00. The normalized spacial score (nSPS) is 12.4. The average molecular weight is 318 g/mol. The van der Waals surface area contributed by atoms with Crippen LogP contribution < -0.4 is 0 Å². The summed E-state index contributed by atoms with van der Waals surface area (Å²) in [5.41, 5.74) is -1.25. The van der Waals surface area contributed by atoms with Crippen molar-refractivity contribution in [3.05, 3.63) is 41.0 Å². The van der Waals surface area contributed by atoms with Crippen molar-refractivity contribution in [3.63, 3.8) is 0 Å². The van der Waals surface area contributed by atoms with Gasteiger partial charge in [-0.05, 0) is 6.07 Å². The largest absolute Gasteiger partial charge is 0.507 e. The summed E-state index contributed by atoms with van der Waals surface area (Å²) in [5.74, 6) is -11.5. The first-order valence-corrected chi connectivity index (χ1v) is 5.00. The van der Waals surface area contributed by atoms with Gasteiger partial charge >= 0.3 is 12.1 Å². The number of carbonyl (C=O) groups is 1. The summed E-state index contributed by atoms with van der Waals surface area (Å²) in [6.45, 7) is -1.98. The standard InChI is InChI=1S/C11H5F7O3/c12-5-1-4(8(13)10(15)9(5)14)6(19)2-7(20)21-3-11(16,17)18/h1-2,19H,3H2/b6-2-. The Kier molecular flexibility index (Phi) is 4.81. The van der Waals surface area contributed by atoms with Crippen LogP contribution in [-0.2, 0) is 9.53 Å². The maximum Gasteiger partial charge on any atom is 0.422 e. The Morgan fingerprint density at radius 1 is 1.14 bits per heavy atom. The van der Waals surface area contributed by atoms with Gasteiger partial charge in [-0.25, -0.2) is 22.4 Å². The molecule has 1 aromatic carbocycles. The highest BCUT2D eigenvalue weighted by Gasteiger charge is 2.29. The van der Waals surface area contributed by atoms with Crippen LogP contribution in [-0.4, -0.2) is 23.9 Å². The highest BCUT2D eigenvalue weighted by Crippen LogP contribution is 2.23. The molecule has 116 valence electrons. The minimum absolute atomic E-state index is 0.0244. The van der Waals surface area contributed by atoms with E-state index in [0.29, 0.717) is 0 Å². The molecule has 0 aliphatic heterocycles. The number of benzene rings is 1. The molecule has 3 nitrogen and oxygen atoms in total. The number of hydrogen-bond acceptors (Lipinski definition) is 3. The van der Waals surface area contributed by atoms with E-state index in [2.05, 4.69) is 4.74 Å². The van der Waals surface area contributed by atoms with E-state index in [1.54, 1.807) is 0 Å². The Hall–Kier alpha value is -2.26. The first kappa shape index (κ1) is 16.8. The van der Waals surface area contributed by atoms with Gasteiger partial charge in [0.1, 0.15) is 5.76 Å². The molecule has 0 amide bonds. The molecule has 0 aliphatic carbocycles. The maximum absolute atomic E-state index is 13.2. The van der Waals surface area contributed by atoms with Crippen LogP contribution in [0, 0.1) is 23.3 Å². The SMILES string of the molecule is O=C(/C=C(\O)c1cc(F)c(F)c(F)c1F)OCC(F)(F)F. The molecule has 0 atom stereocenters. The van der Waals surface area contributed by atoms with Gasteiger partial charge in [0, 0.05) is 0 Å². The number of aliphatic hydroxyl groups is 1. The highest BCUT2D eigenvalue weighted by atomic mass is 19.4. The number of hydrogen-bond donors (Lipinski definition) is 1. The van der Waals surface area contributed by atoms with Crippen molar-refractivity contribution in [2.75, 3.05) is 6.61 Å². The van der Waals surface area contributed by atoms with E-state index in [1.807, 2.05) is 0 Å². The summed E-state index contributed by atoms with van der Waals surface area (Å²) in [6, 6.07) is 0.0244. The second kappa shape index (κ2) is 6.02. The van der Waals surface area contributed by atoms with Crippen molar-refractivity contribution in [2.24, 2.45) is 0 Å². The van der Waals surface area contributed by atoms with E-state index in [4.69, 9.17) is 0 Å². The molecule has 0 unspecified atom stereocenters. The summed E-state index contributed by atoms with van der Waals surface area (Å²) in [6.07, 6.45) is -4.88. The molecule has 21 heavy (non-hydrogen) atoms. The minimum atomic E-state index is -4.83. The molecule has 0 aliphatic rings. The fraction of sp³-hybridized carbons (Fsp3) is 0.182. The minimum Gasteiger partial charge on any atom is -0.507 e. The van der Waals surface area contributed by atoms with Crippen LogP contribution in [0.15, 0.2) is 12.1 Å². The second-order valence-electron chi connectivity index (χ2n) is 3.60. The topological polar surface area (TPSA) is 46.5 Å². The van der Waals surface area contributed by atoms with Crippen molar-refractivity contribution in [3.8, 4) is 0 Å². The highest BCUT2D eigenvalue weighted by molar-refractivity contribution is 5.89. The molecule has 0 saturated heterocycles. The lowest BCUT2D eigenvalue weighted by atomic mass is 10.1. The van der Waals surface area contributed by atoms with Gasteiger partial charge < -0.3 is 9.84 Å². The molecule has 1 aromatic rings. The Bertz CT molecular complexity index is 592. The van der Waals surface area contributed by atoms with Crippen molar-refractivity contribution in [2.45, 2.75) is 6.18 Å². The van der Waals surface area contributed by atoms with Gasteiger partial charge in [-0.2, -0.15) is 13.2 Å². The molecule has 1 rings (SSSR count). The predicted octanol–water partition coefficient (Wildman–Crippen LogP) is 3.25. The van der Waals surface area contributed by atoms with Crippen LogP contribution in [0.1, 0.15) is 5.56 Å². The third kappa shape index (κ3) is 4.36. The van der Waals surface area contributed by atoms with Crippen molar-refractivity contribution >= 4 is 11.7 Å². The van der Waals surface area contributed by atoms with E-state index in [9.17, 15) is 40.6 Å². The second-order valence-corrected chi connectivity index (χ2v) is 3.60. The Morgan fingerprint density at radius 2 is 1.71 bits per heavy atom. The van der Waals surface area contributed by atoms with E-state index in [0.717, 1.165) is 0 Å². The molecule has 0 saturated carbocycles. The number of rotatable bonds is 3. The van der Waals surface area contributed by atoms with Gasteiger partial charge in [-0.1, -0.05) is 0 Å². The van der Waals surface area contributed by atoms with Gasteiger partial charge in [0.05, 0.1) is 11.6 Å². The summed E-state index contributed by atoms with van der Waals surface area (Å²) >= 11 is 0. The number of aliphatic hydroxyl groups excluding tert-OH is 1. The zero-order chi connectivity index (χ0) is 16.4. The van der Waals surface area contributed by atoms with Crippen molar-refractivity contribution in [1.29, 1.82) is 0 Å². The fourth-order valence-electron chi connectivity index (χ4n) is 1.14. The van der Waals surface area contributed by atoms with Crippen LogP contribution in [0.25, 0.3) is 5.76 Å². The fourth-order valence-corrected chi connectivity index (χ4v) is 1.14. The van der Waals surface area contributed by atoms with E-state index in [-0.39, 0.29) is 12.1 Å². The summed E-state index contributed by atoms with van der Waals surface area (Å²) in [7, 11) is 0. The number of halogens is 7.